The Bertz CT molecular complexity index is 266. The van der Waals surface area contributed by atoms with E-state index in [9.17, 15) is 4.79 Å². The molecule has 1 aliphatic heterocycles. The summed E-state index contributed by atoms with van der Waals surface area (Å²) in [6.07, 6.45) is 0.653. The average molecular weight is 139 g/mol. The molecule has 1 aliphatic rings. The minimum atomic E-state index is 0.299. The molecule has 1 aromatic rings. The molecule has 0 radical (unpaired) electrons. The van der Waals surface area contributed by atoms with Crippen molar-refractivity contribution >= 4 is 6.29 Å². The van der Waals surface area contributed by atoms with Gasteiger partial charge in [-0.05, 0) is 0 Å². The highest BCUT2D eigenvalue weighted by atomic mass is 16.5. The minimum absolute atomic E-state index is 0.299. The van der Waals surface area contributed by atoms with Crippen molar-refractivity contribution < 1.29 is 14.1 Å². The molecule has 0 aliphatic carbocycles. The van der Waals surface area contributed by atoms with E-state index in [-0.39, 0.29) is 0 Å². The zero-order valence-corrected chi connectivity index (χ0v) is 5.16. The summed E-state index contributed by atoms with van der Waals surface area (Å²) in [5.74, 6) is 0.299. The first-order valence-electron chi connectivity index (χ1n) is 2.92. The van der Waals surface area contributed by atoms with Crippen LogP contribution in [0.4, 0.5) is 0 Å². The Hall–Kier alpha value is -1.16. The molecule has 0 aromatic carbocycles. The maximum atomic E-state index is 10.2. The molecule has 0 spiro atoms. The summed E-state index contributed by atoms with van der Waals surface area (Å²) in [6, 6.07) is 0. The highest BCUT2D eigenvalue weighted by Gasteiger charge is 2.20. The van der Waals surface area contributed by atoms with Crippen LogP contribution in [0.5, 0.6) is 0 Å². The van der Waals surface area contributed by atoms with Gasteiger partial charge in [0.1, 0.15) is 5.69 Å². The van der Waals surface area contributed by atoms with Crippen LogP contribution < -0.4 is 0 Å². The molecule has 0 amide bonds. The molecule has 0 saturated carbocycles. The summed E-state index contributed by atoms with van der Waals surface area (Å²) >= 11 is 0. The third kappa shape index (κ3) is 0.593. The van der Waals surface area contributed by atoms with Gasteiger partial charge in [-0.2, -0.15) is 0 Å². The molecule has 0 unspecified atom stereocenters. The van der Waals surface area contributed by atoms with Crippen molar-refractivity contribution in [3.63, 3.8) is 0 Å². The minimum Gasteiger partial charge on any atom is -0.370 e. The summed E-state index contributed by atoms with van der Waals surface area (Å²) in [4.78, 5) is 10.2. The van der Waals surface area contributed by atoms with Gasteiger partial charge in [0.2, 0.25) is 5.76 Å². The fourth-order valence-electron chi connectivity index (χ4n) is 0.967. The van der Waals surface area contributed by atoms with E-state index in [2.05, 4.69) is 9.68 Å². The number of carbonyl (C=O) groups excluding carboxylic acids is 1. The number of ether oxygens (including phenoxy) is 1. The average Bonchev–Trinajstić information content (AvgIpc) is 2.44. The van der Waals surface area contributed by atoms with Gasteiger partial charge in [0.25, 0.3) is 0 Å². The van der Waals surface area contributed by atoms with E-state index < -0.39 is 0 Å². The highest BCUT2D eigenvalue weighted by molar-refractivity contribution is 5.73. The maximum absolute atomic E-state index is 10.2. The lowest BCUT2D eigenvalue weighted by atomic mass is 10.2. The van der Waals surface area contributed by atoms with Crippen molar-refractivity contribution in [3.8, 4) is 0 Å². The van der Waals surface area contributed by atoms with Crippen molar-refractivity contribution in [2.75, 3.05) is 0 Å². The zero-order valence-electron chi connectivity index (χ0n) is 5.16. The van der Waals surface area contributed by atoms with Crippen LogP contribution in [0.15, 0.2) is 4.52 Å². The van der Waals surface area contributed by atoms with E-state index >= 15 is 0 Å². The fraction of sp³-hybridized carbons (Fsp3) is 0.333. The molecule has 0 atom stereocenters. The van der Waals surface area contributed by atoms with Gasteiger partial charge >= 0.3 is 0 Å². The first-order valence-corrected chi connectivity index (χ1v) is 2.92. The van der Waals surface area contributed by atoms with Crippen molar-refractivity contribution in [2.45, 2.75) is 13.2 Å². The van der Waals surface area contributed by atoms with Crippen LogP contribution in [-0.2, 0) is 18.0 Å². The first-order chi connectivity index (χ1) is 4.92. The largest absolute Gasteiger partial charge is 0.370 e. The third-order valence-corrected chi connectivity index (χ3v) is 1.49. The molecule has 4 heteroatoms. The molecule has 4 nitrogen and oxygen atoms in total. The van der Waals surface area contributed by atoms with Gasteiger partial charge in [0.05, 0.1) is 18.8 Å². The monoisotopic (exact) mass is 139 g/mol. The topological polar surface area (TPSA) is 52.3 Å². The third-order valence-electron chi connectivity index (χ3n) is 1.49. The predicted molar refractivity (Wildman–Crippen MR) is 30.4 cm³/mol. The zero-order chi connectivity index (χ0) is 6.97. The van der Waals surface area contributed by atoms with Gasteiger partial charge in [0.15, 0.2) is 6.29 Å². The Morgan fingerprint density at radius 3 is 3.20 bits per heavy atom. The summed E-state index contributed by atoms with van der Waals surface area (Å²) < 4.78 is 9.70. The quantitative estimate of drug-likeness (QED) is 0.532. The van der Waals surface area contributed by atoms with E-state index in [0.717, 1.165) is 11.3 Å². The molecular formula is C6H5NO3. The molecule has 0 fully saturated rings. The lowest BCUT2D eigenvalue weighted by Gasteiger charge is -1.85. The van der Waals surface area contributed by atoms with E-state index in [4.69, 9.17) is 4.74 Å². The van der Waals surface area contributed by atoms with E-state index in [0.29, 0.717) is 25.3 Å². The van der Waals surface area contributed by atoms with Crippen LogP contribution >= 0.6 is 0 Å². The second-order valence-corrected chi connectivity index (χ2v) is 2.08. The number of nitrogens with zero attached hydrogens (tertiary/aromatic N) is 1. The van der Waals surface area contributed by atoms with Crippen LogP contribution in [0.3, 0.4) is 0 Å². The SMILES string of the molecule is O=Cc1onc2c1COC2. The fourth-order valence-corrected chi connectivity index (χ4v) is 0.967. The van der Waals surface area contributed by atoms with Crippen LogP contribution in [0, 0.1) is 0 Å². The van der Waals surface area contributed by atoms with Crippen LogP contribution in [-0.4, -0.2) is 11.4 Å². The molecule has 2 rings (SSSR count). The molecule has 10 heavy (non-hydrogen) atoms. The molecule has 52 valence electrons. The Labute approximate surface area is 56.8 Å². The van der Waals surface area contributed by atoms with Gasteiger partial charge in [-0.25, -0.2) is 0 Å². The maximum Gasteiger partial charge on any atom is 0.205 e. The Kier molecular flexibility index (Phi) is 1.07. The van der Waals surface area contributed by atoms with E-state index in [1.165, 1.54) is 0 Å². The molecule has 0 saturated heterocycles. The standard InChI is InChI=1S/C6H5NO3/c8-1-6-4-2-9-3-5(4)7-10-6/h1H,2-3H2. The number of aromatic nitrogens is 1. The number of rotatable bonds is 1. The molecular weight excluding hydrogens is 134 g/mol. The van der Waals surface area contributed by atoms with Crippen molar-refractivity contribution in [1.29, 1.82) is 0 Å². The lowest BCUT2D eigenvalue weighted by molar-refractivity contribution is 0.105. The number of fused-ring (bicyclic) bond motifs is 1. The van der Waals surface area contributed by atoms with Crippen molar-refractivity contribution in [1.82, 2.24) is 5.16 Å². The van der Waals surface area contributed by atoms with Crippen molar-refractivity contribution in [3.05, 3.63) is 17.0 Å². The van der Waals surface area contributed by atoms with Crippen LogP contribution in [0.25, 0.3) is 0 Å². The Morgan fingerprint density at radius 1 is 1.50 bits per heavy atom. The van der Waals surface area contributed by atoms with Gasteiger partial charge in [0, 0.05) is 0 Å². The normalized spacial score (nSPS) is 15.2. The highest BCUT2D eigenvalue weighted by Crippen LogP contribution is 2.20. The summed E-state index contributed by atoms with van der Waals surface area (Å²) in [6.45, 7) is 0.916. The number of carbonyl (C=O) groups is 1. The summed E-state index contributed by atoms with van der Waals surface area (Å²) in [7, 11) is 0. The molecule has 0 N–H and O–H groups in total. The van der Waals surface area contributed by atoms with E-state index in [1.54, 1.807) is 0 Å². The van der Waals surface area contributed by atoms with Gasteiger partial charge < -0.3 is 9.26 Å². The van der Waals surface area contributed by atoms with Gasteiger partial charge in [-0.3, -0.25) is 4.79 Å². The van der Waals surface area contributed by atoms with Crippen molar-refractivity contribution in [2.24, 2.45) is 0 Å². The van der Waals surface area contributed by atoms with Crippen LogP contribution in [0.1, 0.15) is 21.8 Å². The van der Waals surface area contributed by atoms with E-state index in [1.807, 2.05) is 0 Å². The number of aldehydes is 1. The van der Waals surface area contributed by atoms with Gasteiger partial charge in [-0.1, -0.05) is 5.16 Å². The first kappa shape index (κ1) is 5.61. The Morgan fingerprint density at radius 2 is 2.40 bits per heavy atom. The molecule has 0 bridgehead atoms. The number of hydrogen-bond acceptors (Lipinski definition) is 4. The summed E-state index contributed by atoms with van der Waals surface area (Å²) in [5, 5.41) is 3.64. The smallest absolute Gasteiger partial charge is 0.205 e. The molecule has 2 heterocycles. The predicted octanol–water partition coefficient (Wildman–Crippen LogP) is 0.517. The Balaban J connectivity index is 2.53. The number of hydrogen-bond donors (Lipinski definition) is 0. The lowest BCUT2D eigenvalue weighted by Crippen LogP contribution is -1.83. The second kappa shape index (κ2) is 1.91. The summed E-state index contributed by atoms with van der Waals surface area (Å²) in [5.41, 5.74) is 1.55. The van der Waals surface area contributed by atoms with Gasteiger partial charge in [-0.15, -0.1) is 0 Å². The van der Waals surface area contributed by atoms with Crippen LogP contribution in [0.2, 0.25) is 0 Å². The second-order valence-electron chi connectivity index (χ2n) is 2.08. The molecule has 1 aromatic heterocycles.